The zero-order chi connectivity index (χ0) is 27.8. The fourth-order valence-electron chi connectivity index (χ4n) is 4.62. The Kier molecular flexibility index (Phi) is 7.65. The van der Waals surface area contributed by atoms with Gasteiger partial charge in [-0.25, -0.2) is 13.2 Å². The molecular formula is C30H25F6NO. The summed E-state index contributed by atoms with van der Waals surface area (Å²) in [4.78, 5) is 4.66. The lowest BCUT2D eigenvalue weighted by Crippen LogP contribution is -2.16. The predicted molar refractivity (Wildman–Crippen MR) is 134 cm³/mol. The van der Waals surface area contributed by atoms with Gasteiger partial charge in [0.2, 0.25) is 0 Å². The quantitative estimate of drug-likeness (QED) is 0.253. The van der Waals surface area contributed by atoms with Crippen LogP contribution in [-0.2, 0) is 6.18 Å². The van der Waals surface area contributed by atoms with Crippen LogP contribution in [0.2, 0.25) is 0 Å². The average Bonchev–Trinajstić information content (AvgIpc) is 2.87. The summed E-state index contributed by atoms with van der Waals surface area (Å²) in [5, 5.41) is 10.9. The number of rotatable bonds is 6. The number of benzene rings is 3. The van der Waals surface area contributed by atoms with Crippen LogP contribution < -0.4 is 0 Å². The molecule has 0 saturated carbocycles. The van der Waals surface area contributed by atoms with Gasteiger partial charge in [0, 0.05) is 22.3 Å². The van der Waals surface area contributed by atoms with E-state index in [0.717, 1.165) is 24.3 Å². The van der Waals surface area contributed by atoms with Crippen LogP contribution >= 0.6 is 0 Å². The summed E-state index contributed by atoms with van der Waals surface area (Å²) in [5.41, 5.74) is -0.531. The Morgan fingerprint density at radius 1 is 0.737 bits per heavy atom. The van der Waals surface area contributed by atoms with Crippen LogP contribution in [0, 0.1) is 11.6 Å². The fourth-order valence-corrected chi connectivity index (χ4v) is 4.62. The molecule has 0 spiro atoms. The molecule has 2 nitrogen and oxygen atoms in total. The molecule has 2 atom stereocenters. The first-order valence-electron chi connectivity index (χ1n) is 12.0. The van der Waals surface area contributed by atoms with Crippen molar-refractivity contribution >= 4 is 0 Å². The Morgan fingerprint density at radius 2 is 1.26 bits per heavy atom. The summed E-state index contributed by atoms with van der Waals surface area (Å²) in [5.74, 6) is -1.52. The minimum absolute atomic E-state index is 0.113. The first kappa shape index (κ1) is 27.4. The highest BCUT2D eigenvalue weighted by Crippen LogP contribution is 2.47. The molecule has 1 N–H and O–H groups in total. The Hall–Kier alpha value is -3.65. The fraction of sp³-hybridized carbons (Fsp3) is 0.233. The van der Waals surface area contributed by atoms with E-state index in [2.05, 4.69) is 4.98 Å². The number of hydrogen-bond acceptors (Lipinski definition) is 2. The number of aliphatic hydroxyl groups is 1. The van der Waals surface area contributed by atoms with Gasteiger partial charge in [-0.3, -0.25) is 4.98 Å². The zero-order valence-electron chi connectivity index (χ0n) is 20.8. The van der Waals surface area contributed by atoms with E-state index in [1.54, 1.807) is 13.8 Å². The molecule has 8 heteroatoms. The Bertz CT molecular complexity index is 1430. The summed E-state index contributed by atoms with van der Waals surface area (Å²) in [6.07, 6.45) is -8.35. The first-order chi connectivity index (χ1) is 17.9. The summed E-state index contributed by atoms with van der Waals surface area (Å²) in [6, 6.07) is 14.8. The van der Waals surface area contributed by atoms with Crippen molar-refractivity contribution in [2.45, 2.75) is 45.1 Å². The van der Waals surface area contributed by atoms with Crippen molar-refractivity contribution in [2.24, 2.45) is 0 Å². The SMILES string of the molecule is CC(C)c1nc(-c2ccc(F)cc2)c(C(C)O)c(-c2ccc(F)cc2)c1C(F)c1ccccc1C(F)(F)F. The molecule has 0 saturated heterocycles. The van der Waals surface area contributed by atoms with Crippen molar-refractivity contribution in [3.63, 3.8) is 0 Å². The first-order valence-corrected chi connectivity index (χ1v) is 12.0. The second kappa shape index (κ2) is 10.6. The van der Waals surface area contributed by atoms with Crippen LogP contribution in [0.5, 0.6) is 0 Å². The van der Waals surface area contributed by atoms with Crippen LogP contribution in [0.4, 0.5) is 26.3 Å². The molecule has 38 heavy (non-hydrogen) atoms. The maximum Gasteiger partial charge on any atom is 0.416 e. The Labute approximate surface area is 216 Å². The molecule has 4 aromatic rings. The van der Waals surface area contributed by atoms with E-state index in [1.165, 1.54) is 55.5 Å². The maximum atomic E-state index is 16.6. The van der Waals surface area contributed by atoms with Gasteiger partial charge < -0.3 is 5.11 Å². The number of aromatic nitrogens is 1. The van der Waals surface area contributed by atoms with E-state index >= 15 is 4.39 Å². The van der Waals surface area contributed by atoms with E-state index in [1.807, 2.05) is 0 Å². The van der Waals surface area contributed by atoms with E-state index in [9.17, 15) is 27.1 Å². The molecular weight excluding hydrogens is 504 g/mol. The van der Waals surface area contributed by atoms with E-state index < -0.39 is 47.1 Å². The largest absolute Gasteiger partial charge is 0.416 e. The second-order valence-corrected chi connectivity index (χ2v) is 9.34. The van der Waals surface area contributed by atoms with Gasteiger partial charge in [0.25, 0.3) is 0 Å². The lowest BCUT2D eigenvalue weighted by molar-refractivity contribution is -0.138. The molecule has 0 fully saturated rings. The van der Waals surface area contributed by atoms with Crippen LogP contribution in [-0.4, -0.2) is 10.1 Å². The van der Waals surface area contributed by atoms with E-state index in [0.29, 0.717) is 5.56 Å². The number of halogens is 6. The number of alkyl halides is 4. The molecule has 1 heterocycles. The molecule has 0 aliphatic carbocycles. The molecule has 198 valence electrons. The highest BCUT2D eigenvalue weighted by molar-refractivity contribution is 5.81. The third-order valence-electron chi connectivity index (χ3n) is 6.31. The molecule has 2 unspecified atom stereocenters. The van der Waals surface area contributed by atoms with Crippen LogP contribution in [0.1, 0.15) is 66.9 Å². The van der Waals surface area contributed by atoms with Gasteiger partial charge in [-0.1, -0.05) is 44.2 Å². The topological polar surface area (TPSA) is 33.1 Å². The van der Waals surface area contributed by atoms with Crippen molar-refractivity contribution in [3.05, 3.63) is 112 Å². The monoisotopic (exact) mass is 529 g/mol. The summed E-state index contributed by atoms with van der Waals surface area (Å²) < 4.78 is 85.8. The summed E-state index contributed by atoms with van der Waals surface area (Å²) >= 11 is 0. The normalized spacial score (nSPS) is 13.6. The van der Waals surface area contributed by atoms with Crippen LogP contribution in [0.3, 0.4) is 0 Å². The van der Waals surface area contributed by atoms with Crippen molar-refractivity contribution in [2.75, 3.05) is 0 Å². The van der Waals surface area contributed by atoms with Crippen LogP contribution in [0.15, 0.2) is 72.8 Å². The number of pyridine rings is 1. The Morgan fingerprint density at radius 3 is 1.76 bits per heavy atom. The third-order valence-corrected chi connectivity index (χ3v) is 6.31. The molecule has 0 aliphatic heterocycles. The Balaban J connectivity index is 2.16. The van der Waals surface area contributed by atoms with E-state index in [-0.39, 0.29) is 33.6 Å². The highest BCUT2D eigenvalue weighted by Gasteiger charge is 2.38. The van der Waals surface area contributed by atoms with Gasteiger partial charge in [-0.15, -0.1) is 0 Å². The maximum absolute atomic E-state index is 16.6. The van der Waals surface area contributed by atoms with Gasteiger partial charge in [-0.2, -0.15) is 13.2 Å². The smallest absolute Gasteiger partial charge is 0.389 e. The highest BCUT2D eigenvalue weighted by atomic mass is 19.4. The third kappa shape index (κ3) is 5.31. The predicted octanol–water partition coefficient (Wildman–Crippen LogP) is 8.95. The van der Waals surface area contributed by atoms with Crippen LogP contribution in [0.25, 0.3) is 22.4 Å². The standard InChI is InChI=1S/C30H25F6NO/c1-16(2)28-26(27(33)22-6-4-5-7-23(22)30(34,35)36)25(18-8-12-20(31)13-9-18)24(17(3)38)29(37-28)19-10-14-21(32)15-11-19/h4-17,27,38H,1-3H3. The second-order valence-electron chi connectivity index (χ2n) is 9.34. The van der Waals surface area contributed by atoms with Gasteiger partial charge in [0.15, 0.2) is 6.17 Å². The van der Waals surface area contributed by atoms with Crippen molar-refractivity contribution in [3.8, 4) is 22.4 Å². The average molecular weight is 530 g/mol. The van der Waals surface area contributed by atoms with Gasteiger partial charge >= 0.3 is 6.18 Å². The molecule has 4 rings (SSSR count). The number of aliphatic hydroxyl groups excluding tert-OH is 1. The van der Waals surface area contributed by atoms with Gasteiger partial charge in [0.1, 0.15) is 11.6 Å². The molecule has 0 bridgehead atoms. The minimum Gasteiger partial charge on any atom is -0.389 e. The summed E-state index contributed by atoms with van der Waals surface area (Å²) in [6.45, 7) is 4.87. The zero-order valence-corrected chi connectivity index (χ0v) is 20.8. The molecule has 0 amide bonds. The van der Waals surface area contributed by atoms with Crippen molar-refractivity contribution < 1.29 is 31.4 Å². The lowest BCUT2D eigenvalue weighted by Gasteiger charge is -2.27. The van der Waals surface area contributed by atoms with Gasteiger partial charge in [-0.05, 0) is 66.4 Å². The number of nitrogens with zero attached hydrogens (tertiary/aromatic N) is 1. The molecule has 3 aromatic carbocycles. The molecule has 0 radical (unpaired) electrons. The minimum atomic E-state index is -4.82. The molecule has 0 aliphatic rings. The van der Waals surface area contributed by atoms with Gasteiger partial charge in [0.05, 0.1) is 23.1 Å². The number of hydrogen-bond donors (Lipinski definition) is 1. The van der Waals surface area contributed by atoms with Crippen molar-refractivity contribution in [1.82, 2.24) is 4.98 Å². The van der Waals surface area contributed by atoms with E-state index in [4.69, 9.17) is 0 Å². The lowest BCUT2D eigenvalue weighted by atomic mass is 9.82. The molecule has 1 aromatic heterocycles. The van der Waals surface area contributed by atoms with Crippen molar-refractivity contribution in [1.29, 1.82) is 0 Å². The summed E-state index contributed by atoms with van der Waals surface area (Å²) in [7, 11) is 0.